The summed E-state index contributed by atoms with van der Waals surface area (Å²) in [4.78, 5) is 0. The van der Waals surface area contributed by atoms with Crippen LogP contribution in [0, 0.1) is 5.92 Å². The number of nitrogens with one attached hydrogen (secondary N) is 1. The first-order valence-corrected chi connectivity index (χ1v) is 4.66. The Hall–Kier alpha value is 0.210. The zero-order valence-electron chi connectivity index (χ0n) is 7.55. The molecule has 72 valence electrons. The maximum Gasteiger partial charge on any atom is 0.0733 e. The van der Waals surface area contributed by atoms with Crippen molar-refractivity contribution in [2.75, 3.05) is 6.54 Å². The lowest BCUT2D eigenvalue weighted by molar-refractivity contribution is 0.0367. The van der Waals surface area contributed by atoms with E-state index in [0.29, 0.717) is 0 Å². The minimum atomic E-state index is -0.104. The molecule has 0 aromatic rings. The average Bonchev–Trinajstić information content (AvgIpc) is 2.09. The lowest BCUT2D eigenvalue weighted by Crippen LogP contribution is -2.53. The Kier molecular flexibility index (Phi) is 3.02. The Morgan fingerprint density at radius 2 is 2.00 bits per heavy atom. The van der Waals surface area contributed by atoms with E-state index >= 15 is 0 Å². The van der Waals surface area contributed by atoms with Crippen molar-refractivity contribution >= 4 is 12.4 Å². The van der Waals surface area contributed by atoms with Crippen LogP contribution in [0.2, 0.25) is 0 Å². The Bertz CT molecular complexity index is 161. The molecule has 0 spiro atoms. The van der Waals surface area contributed by atoms with Gasteiger partial charge in [0.15, 0.2) is 0 Å². The molecule has 2 unspecified atom stereocenters. The van der Waals surface area contributed by atoms with Gasteiger partial charge in [-0.15, -0.1) is 12.4 Å². The van der Waals surface area contributed by atoms with Crippen molar-refractivity contribution in [3.05, 3.63) is 0 Å². The molecule has 2 fully saturated rings. The highest BCUT2D eigenvalue weighted by Crippen LogP contribution is 2.40. The van der Waals surface area contributed by atoms with Crippen molar-refractivity contribution in [2.45, 2.75) is 44.2 Å². The Morgan fingerprint density at radius 1 is 1.33 bits per heavy atom. The lowest BCUT2D eigenvalue weighted by Gasteiger charge is -2.42. The third-order valence-corrected chi connectivity index (χ3v) is 3.57. The summed E-state index contributed by atoms with van der Waals surface area (Å²) in [7, 11) is 0. The monoisotopic (exact) mass is 191 g/mol. The average molecular weight is 192 g/mol. The van der Waals surface area contributed by atoms with Gasteiger partial charge in [-0.25, -0.2) is 0 Å². The molecular weight excluding hydrogens is 174 g/mol. The lowest BCUT2D eigenvalue weighted by atomic mass is 9.70. The van der Waals surface area contributed by atoms with Gasteiger partial charge in [0.05, 0.1) is 6.10 Å². The van der Waals surface area contributed by atoms with Crippen LogP contribution in [0.1, 0.15) is 32.6 Å². The fraction of sp³-hybridized carbons (Fsp3) is 1.00. The Balaban J connectivity index is 0.000000720. The van der Waals surface area contributed by atoms with E-state index in [4.69, 9.17) is 0 Å². The molecule has 2 aliphatic rings. The molecule has 1 heterocycles. The van der Waals surface area contributed by atoms with Gasteiger partial charge in [0.1, 0.15) is 0 Å². The van der Waals surface area contributed by atoms with Crippen LogP contribution >= 0.6 is 12.4 Å². The van der Waals surface area contributed by atoms with Crippen molar-refractivity contribution < 1.29 is 5.11 Å². The summed E-state index contributed by atoms with van der Waals surface area (Å²) in [6.45, 7) is 3.17. The molecule has 0 radical (unpaired) electrons. The molecular formula is C9H18ClNO. The van der Waals surface area contributed by atoms with Crippen molar-refractivity contribution in [2.24, 2.45) is 5.92 Å². The zero-order valence-corrected chi connectivity index (χ0v) is 8.36. The minimum absolute atomic E-state index is 0. The van der Waals surface area contributed by atoms with Crippen LogP contribution in [0.3, 0.4) is 0 Å². The van der Waals surface area contributed by atoms with Gasteiger partial charge in [-0.1, -0.05) is 6.42 Å². The third-order valence-electron chi connectivity index (χ3n) is 3.57. The highest BCUT2D eigenvalue weighted by Gasteiger charge is 2.45. The van der Waals surface area contributed by atoms with E-state index < -0.39 is 0 Å². The molecule has 12 heavy (non-hydrogen) atoms. The molecule has 0 aromatic heterocycles. The maximum atomic E-state index is 9.72. The summed E-state index contributed by atoms with van der Waals surface area (Å²) in [5.74, 6) is 0.736. The number of hydrogen-bond donors (Lipinski definition) is 2. The van der Waals surface area contributed by atoms with E-state index in [9.17, 15) is 5.11 Å². The molecule has 0 aromatic carbocycles. The normalized spacial score (nSPS) is 42.0. The van der Waals surface area contributed by atoms with E-state index in [1.807, 2.05) is 0 Å². The molecule has 2 N–H and O–H groups in total. The second kappa shape index (κ2) is 3.52. The largest absolute Gasteiger partial charge is 0.391 e. The smallest absolute Gasteiger partial charge is 0.0733 e. The molecule has 0 amide bonds. The fourth-order valence-corrected chi connectivity index (χ4v) is 2.32. The third kappa shape index (κ3) is 1.36. The van der Waals surface area contributed by atoms with Gasteiger partial charge >= 0.3 is 0 Å². The van der Waals surface area contributed by atoms with Crippen molar-refractivity contribution in [3.63, 3.8) is 0 Å². The van der Waals surface area contributed by atoms with Gasteiger partial charge in [0, 0.05) is 5.54 Å². The highest BCUT2D eigenvalue weighted by molar-refractivity contribution is 5.85. The summed E-state index contributed by atoms with van der Waals surface area (Å²) in [5.41, 5.74) is 0.0538. The highest BCUT2D eigenvalue weighted by atomic mass is 35.5. The van der Waals surface area contributed by atoms with E-state index in [-0.39, 0.29) is 24.0 Å². The molecule has 1 aliphatic heterocycles. The van der Waals surface area contributed by atoms with Crippen LogP contribution in [0.5, 0.6) is 0 Å². The predicted octanol–water partition coefficient (Wildman–Crippen LogP) is 1.32. The van der Waals surface area contributed by atoms with E-state index in [2.05, 4.69) is 12.2 Å². The summed E-state index contributed by atoms with van der Waals surface area (Å²) >= 11 is 0. The number of aliphatic hydroxyl groups excluding tert-OH is 1. The van der Waals surface area contributed by atoms with E-state index in [1.54, 1.807) is 0 Å². The summed E-state index contributed by atoms with van der Waals surface area (Å²) in [6, 6.07) is 0. The van der Waals surface area contributed by atoms with Gasteiger partial charge < -0.3 is 10.4 Å². The van der Waals surface area contributed by atoms with Crippen LogP contribution in [-0.4, -0.2) is 23.3 Å². The standard InChI is InChI=1S/C9H17NO.ClH/c1-9(7-3-2-4-7)8(11)5-6-10-9;/h7-8,10-11H,2-6H2,1H3;1H. The van der Waals surface area contributed by atoms with E-state index in [1.165, 1.54) is 19.3 Å². The van der Waals surface area contributed by atoms with Crippen LogP contribution in [0.15, 0.2) is 0 Å². The second-order valence-electron chi connectivity index (χ2n) is 4.14. The van der Waals surface area contributed by atoms with Crippen LogP contribution in [0.25, 0.3) is 0 Å². The number of aliphatic hydroxyl groups is 1. The van der Waals surface area contributed by atoms with Gasteiger partial charge in [0.2, 0.25) is 0 Å². The van der Waals surface area contributed by atoms with Crippen LogP contribution in [0.4, 0.5) is 0 Å². The minimum Gasteiger partial charge on any atom is -0.391 e. The van der Waals surface area contributed by atoms with E-state index in [0.717, 1.165) is 18.9 Å². The molecule has 2 rings (SSSR count). The Labute approximate surface area is 80.1 Å². The summed E-state index contributed by atoms with van der Waals surface area (Å²) < 4.78 is 0. The van der Waals surface area contributed by atoms with Crippen molar-refractivity contribution in [3.8, 4) is 0 Å². The summed E-state index contributed by atoms with van der Waals surface area (Å²) in [5, 5.41) is 13.2. The molecule has 3 heteroatoms. The van der Waals surface area contributed by atoms with Crippen molar-refractivity contribution in [1.29, 1.82) is 0 Å². The molecule has 2 atom stereocenters. The number of hydrogen-bond acceptors (Lipinski definition) is 2. The fourth-order valence-electron chi connectivity index (χ4n) is 2.32. The topological polar surface area (TPSA) is 32.3 Å². The van der Waals surface area contributed by atoms with Gasteiger partial charge in [-0.05, 0) is 38.6 Å². The first kappa shape index (κ1) is 10.3. The molecule has 1 saturated carbocycles. The molecule has 0 bridgehead atoms. The number of halogens is 1. The SMILES string of the molecule is CC1(C2CCC2)NCCC1O.Cl. The molecule has 1 aliphatic carbocycles. The van der Waals surface area contributed by atoms with Gasteiger partial charge in [-0.3, -0.25) is 0 Å². The molecule has 2 nitrogen and oxygen atoms in total. The quantitative estimate of drug-likeness (QED) is 0.656. The first-order valence-electron chi connectivity index (χ1n) is 4.66. The van der Waals surface area contributed by atoms with Gasteiger partial charge in [-0.2, -0.15) is 0 Å². The van der Waals surface area contributed by atoms with Crippen LogP contribution in [-0.2, 0) is 0 Å². The van der Waals surface area contributed by atoms with Crippen molar-refractivity contribution in [1.82, 2.24) is 5.32 Å². The number of rotatable bonds is 1. The van der Waals surface area contributed by atoms with Gasteiger partial charge in [0.25, 0.3) is 0 Å². The maximum absolute atomic E-state index is 9.72. The second-order valence-corrected chi connectivity index (χ2v) is 4.14. The van der Waals surface area contributed by atoms with Crippen LogP contribution < -0.4 is 5.32 Å². The Morgan fingerprint density at radius 3 is 2.33 bits per heavy atom. The first-order chi connectivity index (χ1) is 5.23. The summed E-state index contributed by atoms with van der Waals surface area (Å²) in [6.07, 6.45) is 4.80. The predicted molar refractivity (Wildman–Crippen MR) is 51.6 cm³/mol. The zero-order chi connectivity index (χ0) is 7.90. The molecule has 1 saturated heterocycles.